The van der Waals surface area contributed by atoms with Gasteiger partial charge in [0.05, 0.1) is 11.0 Å². The molecular weight excluding hydrogens is 436 g/mol. The summed E-state index contributed by atoms with van der Waals surface area (Å²) in [6.07, 6.45) is 0.528. The Morgan fingerprint density at radius 2 is 1.63 bits per heavy atom. The molecule has 0 aliphatic heterocycles. The molecule has 0 aliphatic rings. The number of hydrogen-bond acceptors (Lipinski definition) is 3. The van der Waals surface area contributed by atoms with Crippen LogP contribution in [-0.2, 0) is 24.3 Å². The first kappa shape index (κ1) is 24.2. The summed E-state index contributed by atoms with van der Waals surface area (Å²) >= 11 is 0. The lowest BCUT2D eigenvalue weighted by molar-refractivity contribution is -0.134. The average molecular weight is 469 g/mol. The summed E-state index contributed by atoms with van der Waals surface area (Å²) in [4.78, 5) is 32.8. The number of carbonyl (C=O) groups is 2. The van der Waals surface area contributed by atoms with Gasteiger partial charge in [0.2, 0.25) is 5.91 Å². The predicted molar refractivity (Wildman–Crippen MR) is 139 cm³/mol. The van der Waals surface area contributed by atoms with Gasteiger partial charge in [0.25, 0.3) is 5.91 Å². The van der Waals surface area contributed by atoms with Gasteiger partial charge in [-0.2, -0.15) is 0 Å². The summed E-state index contributed by atoms with van der Waals surface area (Å²) in [7, 11) is 0. The molecule has 2 amide bonds. The predicted octanol–water partition coefficient (Wildman–Crippen LogP) is 4.75. The number of carbonyl (C=O) groups excluding carboxylic acids is 2. The van der Waals surface area contributed by atoms with Crippen LogP contribution in [0.1, 0.15) is 41.2 Å². The first-order valence-electron chi connectivity index (χ1n) is 12.1. The van der Waals surface area contributed by atoms with E-state index >= 15 is 0 Å². The summed E-state index contributed by atoms with van der Waals surface area (Å²) in [5.41, 5.74) is 4.48. The Morgan fingerprint density at radius 1 is 0.943 bits per heavy atom. The molecule has 1 N–H and O–H groups in total. The van der Waals surface area contributed by atoms with Gasteiger partial charge in [-0.05, 0) is 50.1 Å². The van der Waals surface area contributed by atoms with Crippen molar-refractivity contribution in [3.05, 3.63) is 101 Å². The number of para-hydroxylation sites is 2. The van der Waals surface area contributed by atoms with Gasteiger partial charge in [0.15, 0.2) is 0 Å². The molecule has 0 saturated carbocycles. The highest BCUT2D eigenvalue weighted by Gasteiger charge is 2.21. The SMILES string of the molecule is Cc1ccccc1C(=O)NCCc1nc2ccccc2n1CC(=O)N(Cc1ccccc1)C(C)C. The van der Waals surface area contributed by atoms with Gasteiger partial charge in [-0.3, -0.25) is 9.59 Å². The van der Waals surface area contributed by atoms with Gasteiger partial charge >= 0.3 is 0 Å². The lowest BCUT2D eigenvalue weighted by Gasteiger charge is -2.27. The van der Waals surface area contributed by atoms with Crippen LogP contribution in [0.3, 0.4) is 0 Å². The van der Waals surface area contributed by atoms with Crippen molar-refractivity contribution >= 4 is 22.8 Å². The minimum Gasteiger partial charge on any atom is -0.352 e. The van der Waals surface area contributed by atoms with E-state index in [-0.39, 0.29) is 24.4 Å². The quantitative estimate of drug-likeness (QED) is 0.385. The van der Waals surface area contributed by atoms with Gasteiger partial charge < -0.3 is 14.8 Å². The third-order valence-electron chi connectivity index (χ3n) is 6.19. The van der Waals surface area contributed by atoms with Crippen molar-refractivity contribution in [3.8, 4) is 0 Å². The molecule has 0 spiro atoms. The van der Waals surface area contributed by atoms with E-state index in [4.69, 9.17) is 4.98 Å². The highest BCUT2D eigenvalue weighted by molar-refractivity contribution is 5.95. The van der Waals surface area contributed by atoms with Crippen LogP contribution >= 0.6 is 0 Å². The fraction of sp³-hybridized carbons (Fsp3) is 0.276. The first-order valence-corrected chi connectivity index (χ1v) is 12.1. The molecule has 180 valence electrons. The van der Waals surface area contributed by atoms with Crippen molar-refractivity contribution in [2.45, 2.75) is 46.3 Å². The Kier molecular flexibility index (Phi) is 7.60. The van der Waals surface area contributed by atoms with E-state index < -0.39 is 0 Å². The van der Waals surface area contributed by atoms with Crippen molar-refractivity contribution in [1.29, 1.82) is 0 Å². The highest BCUT2D eigenvalue weighted by atomic mass is 16.2. The van der Waals surface area contributed by atoms with Crippen LogP contribution in [0.5, 0.6) is 0 Å². The maximum absolute atomic E-state index is 13.5. The lowest BCUT2D eigenvalue weighted by Crippen LogP contribution is -2.39. The van der Waals surface area contributed by atoms with Crippen molar-refractivity contribution < 1.29 is 9.59 Å². The fourth-order valence-electron chi connectivity index (χ4n) is 4.27. The molecule has 6 nitrogen and oxygen atoms in total. The van der Waals surface area contributed by atoms with Gasteiger partial charge in [-0.1, -0.05) is 60.7 Å². The molecule has 1 aromatic heterocycles. The van der Waals surface area contributed by atoms with Crippen LogP contribution in [0.2, 0.25) is 0 Å². The fourth-order valence-corrected chi connectivity index (χ4v) is 4.27. The van der Waals surface area contributed by atoms with E-state index in [0.717, 1.165) is 28.0 Å². The largest absolute Gasteiger partial charge is 0.352 e. The number of fused-ring (bicyclic) bond motifs is 1. The summed E-state index contributed by atoms with van der Waals surface area (Å²) in [6.45, 7) is 7.20. The molecule has 0 fully saturated rings. The zero-order valence-electron chi connectivity index (χ0n) is 20.6. The minimum absolute atomic E-state index is 0.0391. The second-order valence-electron chi connectivity index (χ2n) is 9.02. The molecule has 0 bridgehead atoms. The number of nitrogens with zero attached hydrogens (tertiary/aromatic N) is 3. The van der Waals surface area contributed by atoms with E-state index in [9.17, 15) is 9.59 Å². The Hall–Kier alpha value is -3.93. The van der Waals surface area contributed by atoms with Gasteiger partial charge in [0.1, 0.15) is 12.4 Å². The summed E-state index contributed by atoms with van der Waals surface area (Å²) < 4.78 is 1.98. The van der Waals surface area contributed by atoms with E-state index in [1.54, 1.807) is 0 Å². The molecule has 35 heavy (non-hydrogen) atoms. The van der Waals surface area contributed by atoms with E-state index in [0.29, 0.717) is 25.1 Å². The second kappa shape index (κ2) is 11.0. The van der Waals surface area contributed by atoms with Crippen LogP contribution in [0, 0.1) is 6.92 Å². The minimum atomic E-state index is -0.101. The topological polar surface area (TPSA) is 67.2 Å². The first-order chi connectivity index (χ1) is 16.9. The van der Waals surface area contributed by atoms with E-state index in [1.807, 2.05) is 109 Å². The summed E-state index contributed by atoms with van der Waals surface area (Å²) in [5, 5.41) is 3.00. The maximum atomic E-state index is 13.5. The van der Waals surface area contributed by atoms with Gasteiger partial charge in [0, 0.05) is 31.1 Å². The molecular formula is C29H32N4O2. The highest BCUT2D eigenvalue weighted by Crippen LogP contribution is 2.18. The molecule has 0 aliphatic carbocycles. The zero-order valence-corrected chi connectivity index (χ0v) is 20.6. The summed E-state index contributed by atoms with van der Waals surface area (Å²) in [6, 6.07) is 25.5. The van der Waals surface area contributed by atoms with Gasteiger partial charge in [-0.25, -0.2) is 4.98 Å². The van der Waals surface area contributed by atoms with Crippen LogP contribution in [0.4, 0.5) is 0 Å². The van der Waals surface area contributed by atoms with Crippen LogP contribution in [0.15, 0.2) is 78.9 Å². The molecule has 4 aromatic rings. The number of aryl methyl sites for hydroxylation is 1. The Balaban J connectivity index is 1.51. The summed E-state index contributed by atoms with van der Waals surface area (Å²) in [5.74, 6) is 0.723. The molecule has 0 atom stereocenters. The second-order valence-corrected chi connectivity index (χ2v) is 9.02. The van der Waals surface area contributed by atoms with Crippen molar-refractivity contribution in [2.24, 2.45) is 0 Å². The number of benzene rings is 3. The van der Waals surface area contributed by atoms with Crippen LogP contribution in [-0.4, -0.2) is 38.9 Å². The number of aromatic nitrogens is 2. The number of imidazole rings is 1. The molecule has 3 aromatic carbocycles. The molecule has 4 rings (SSSR count). The molecule has 6 heteroatoms. The van der Waals surface area contributed by atoms with E-state index in [1.165, 1.54) is 0 Å². The van der Waals surface area contributed by atoms with Crippen molar-refractivity contribution in [3.63, 3.8) is 0 Å². The smallest absolute Gasteiger partial charge is 0.251 e. The number of nitrogens with one attached hydrogen (secondary N) is 1. The van der Waals surface area contributed by atoms with Crippen LogP contribution in [0.25, 0.3) is 11.0 Å². The number of rotatable bonds is 9. The average Bonchev–Trinajstić information content (AvgIpc) is 3.20. The third-order valence-corrected chi connectivity index (χ3v) is 6.19. The Bertz CT molecular complexity index is 1310. The number of amides is 2. The normalized spacial score (nSPS) is 11.1. The monoisotopic (exact) mass is 468 g/mol. The van der Waals surface area contributed by atoms with Crippen molar-refractivity contribution in [2.75, 3.05) is 6.54 Å². The van der Waals surface area contributed by atoms with Crippen LogP contribution < -0.4 is 5.32 Å². The molecule has 1 heterocycles. The lowest BCUT2D eigenvalue weighted by atomic mass is 10.1. The number of hydrogen-bond donors (Lipinski definition) is 1. The zero-order chi connectivity index (χ0) is 24.8. The molecule has 0 radical (unpaired) electrons. The maximum Gasteiger partial charge on any atom is 0.251 e. The molecule has 0 saturated heterocycles. The molecule has 0 unspecified atom stereocenters. The Labute approximate surface area is 206 Å². The standard InChI is InChI=1S/C29H32N4O2/c1-21(2)32(19-23-12-5-4-6-13-23)28(34)20-33-26-16-10-9-15-25(26)31-27(33)17-18-30-29(35)24-14-8-7-11-22(24)3/h4-16,21H,17-20H2,1-3H3,(H,30,35). The van der Waals surface area contributed by atoms with Gasteiger partial charge in [-0.15, -0.1) is 0 Å². The third kappa shape index (κ3) is 5.77. The van der Waals surface area contributed by atoms with Crippen molar-refractivity contribution in [1.82, 2.24) is 19.8 Å². The van der Waals surface area contributed by atoms with E-state index in [2.05, 4.69) is 5.32 Å². The Morgan fingerprint density at radius 3 is 2.37 bits per heavy atom.